The summed E-state index contributed by atoms with van der Waals surface area (Å²) >= 11 is 0. The van der Waals surface area contributed by atoms with Crippen LogP contribution in [0.15, 0.2) is 146 Å². The lowest BCUT2D eigenvalue weighted by molar-refractivity contribution is -0.870. The third-order valence-corrected chi connectivity index (χ3v) is 16.0. The summed E-state index contributed by atoms with van der Waals surface area (Å²) in [5.74, 6) is -0.191. The molecule has 0 aliphatic heterocycles. The minimum Gasteiger partial charge on any atom is -0.387 e. The van der Waals surface area contributed by atoms with Crippen molar-refractivity contribution in [3.8, 4) is 0 Å². The highest BCUT2D eigenvalue weighted by molar-refractivity contribution is 7.47. The summed E-state index contributed by atoms with van der Waals surface area (Å²) in [5, 5.41) is 14.0. The Labute approximate surface area is 531 Å². The van der Waals surface area contributed by atoms with Gasteiger partial charge in [-0.1, -0.05) is 320 Å². The monoisotopic (exact) mass is 1210 g/mol. The number of allylic oxidation sites excluding steroid dienone is 23. The van der Waals surface area contributed by atoms with E-state index in [1.54, 1.807) is 6.08 Å². The molecule has 8 nitrogen and oxygen atoms in total. The number of unbranched alkanes of at least 4 members (excludes halogenated alkanes) is 28. The number of carbonyl (C=O) groups is 1. The van der Waals surface area contributed by atoms with Crippen molar-refractivity contribution in [3.63, 3.8) is 0 Å². The smallest absolute Gasteiger partial charge is 0.387 e. The second-order valence-electron chi connectivity index (χ2n) is 24.5. The molecular weight excluding hydrogens is 1080 g/mol. The van der Waals surface area contributed by atoms with E-state index < -0.39 is 20.0 Å². The molecule has 0 rings (SSSR count). The fraction of sp³-hybridized carbons (Fsp3) is 0.675. The lowest BCUT2D eigenvalue weighted by atomic mass is 10.0. The Kier molecular flexibility index (Phi) is 63.0. The van der Waals surface area contributed by atoms with Gasteiger partial charge in [0.2, 0.25) is 5.91 Å². The molecule has 0 bridgehead atoms. The van der Waals surface area contributed by atoms with Crippen molar-refractivity contribution in [2.75, 3.05) is 40.9 Å². The predicted molar refractivity (Wildman–Crippen MR) is 378 cm³/mol. The van der Waals surface area contributed by atoms with E-state index in [0.717, 1.165) is 122 Å². The summed E-state index contributed by atoms with van der Waals surface area (Å²) in [5.41, 5.74) is 0. The first-order chi connectivity index (χ1) is 42.0. The maximum atomic E-state index is 13.0. The topological polar surface area (TPSA) is 105 Å². The van der Waals surface area contributed by atoms with Crippen LogP contribution in [-0.4, -0.2) is 73.4 Å². The van der Waals surface area contributed by atoms with Gasteiger partial charge in [-0.2, -0.15) is 0 Å². The molecule has 0 saturated heterocycles. The molecule has 1 amide bonds. The van der Waals surface area contributed by atoms with Crippen LogP contribution in [0.5, 0.6) is 0 Å². The van der Waals surface area contributed by atoms with E-state index in [-0.39, 0.29) is 19.1 Å². The number of aliphatic hydroxyl groups excluding tert-OH is 1. The number of quaternary nitrogens is 1. The maximum absolute atomic E-state index is 13.0. The number of phosphoric acid groups is 1. The third kappa shape index (κ3) is 67.9. The van der Waals surface area contributed by atoms with Crippen LogP contribution in [0.3, 0.4) is 0 Å². The normalized spacial score (nSPS) is 14.5. The lowest BCUT2D eigenvalue weighted by Crippen LogP contribution is -2.45. The van der Waals surface area contributed by atoms with Gasteiger partial charge in [-0.15, -0.1) is 0 Å². The molecule has 0 aromatic carbocycles. The van der Waals surface area contributed by atoms with E-state index in [9.17, 15) is 19.4 Å². The minimum atomic E-state index is -4.37. The zero-order chi connectivity index (χ0) is 62.6. The zero-order valence-corrected chi connectivity index (χ0v) is 57.1. The molecule has 0 radical (unpaired) electrons. The maximum Gasteiger partial charge on any atom is 0.472 e. The summed E-state index contributed by atoms with van der Waals surface area (Å²) in [6.07, 6.45) is 101. The molecule has 0 saturated carbocycles. The van der Waals surface area contributed by atoms with Gasteiger partial charge in [0, 0.05) is 6.42 Å². The number of phosphoric ester groups is 1. The van der Waals surface area contributed by atoms with Gasteiger partial charge in [-0.25, -0.2) is 4.57 Å². The van der Waals surface area contributed by atoms with E-state index in [1.165, 1.54) is 141 Å². The summed E-state index contributed by atoms with van der Waals surface area (Å²) < 4.78 is 23.8. The van der Waals surface area contributed by atoms with Crippen LogP contribution >= 0.6 is 7.82 Å². The minimum absolute atomic E-state index is 0.0526. The highest BCUT2D eigenvalue weighted by Crippen LogP contribution is 2.43. The predicted octanol–water partition coefficient (Wildman–Crippen LogP) is 22.8. The number of likely N-dealkylation sites (N-methyl/N-ethyl adjacent to an activating group) is 1. The van der Waals surface area contributed by atoms with Gasteiger partial charge >= 0.3 is 7.82 Å². The van der Waals surface area contributed by atoms with Gasteiger partial charge < -0.3 is 19.8 Å². The fourth-order valence-electron chi connectivity index (χ4n) is 9.64. The Balaban J connectivity index is 4.16. The van der Waals surface area contributed by atoms with E-state index in [2.05, 4.69) is 153 Å². The molecule has 0 aromatic rings. The van der Waals surface area contributed by atoms with Crippen LogP contribution in [0.1, 0.15) is 284 Å². The van der Waals surface area contributed by atoms with Gasteiger partial charge in [-0.3, -0.25) is 13.8 Å². The molecule has 0 aromatic heterocycles. The van der Waals surface area contributed by atoms with Gasteiger partial charge in [0.05, 0.1) is 39.9 Å². The van der Waals surface area contributed by atoms with Crippen molar-refractivity contribution in [1.29, 1.82) is 0 Å². The largest absolute Gasteiger partial charge is 0.472 e. The molecule has 3 atom stereocenters. The number of amides is 1. The average molecular weight is 1210 g/mol. The standard InChI is InChI=1S/C77H133N2O6P/c1-6-8-10-12-14-16-18-20-22-24-26-28-30-31-32-33-34-35-36-37-38-39-40-41-42-43-44-45-46-47-49-51-53-55-57-59-61-63-65-67-69-71-77(81)78-75(74-85-86(82,83)84-73-72-79(3,4)5)76(80)70-68-66-64-62-60-58-56-54-52-50-48-29-27-25-23-21-19-17-15-13-11-9-7-2/h8,10,14,16,20,22,26,28,31-32,34-35,37-38,40-41,43-44,46-47,51,53,68,70,75-76,80H,6-7,9,11-13,15,17-19,21,23-25,27,29-30,33,36,39,42,45,48-50,52,54-67,69,71-74H2,1-5H3,(H-,78,81,82,83)/p+1/b10-8-,16-14-,22-20-,28-26-,32-31-,35-34-,38-37-,41-40-,44-43-,47-46-,53-51-,70-68+. The van der Waals surface area contributed by atoms with Crippen LogP contribution < -0.4 is 5.32 Å². The molecule has 0 aliphatic rings. The average Bonchev–Trinajstić information content (AvgIpc) is 3.70. The Morgan fingerprint density at radius 2 is 0.698 bits per heavy atom. The van der Waals surface area contributed by atoms with E-state index in [1.807, 2.05) is 27.2 Å². The number of hydrogen-bond acceptors (Lipinski definition) is 5. The molecule has 3 N–H and O–H groups in total. The van der Waals surface area contributed by atoms with Gasteiger partial charge in [0.25, 0.3) is 0 Å². The van der Waals surface area contributed by atoms with Gasteiger partial charge in [-0.05, 0) is 103 Å². The van der Waals surface area contributed by atoms with E-state index in [0.29, 0.717) is 17.4 Å². The summed E-state index contributed by atoms with van der Waals surface area (Å²) in [4.78, 5) is 23.4. The van der Waals surface area contributed by atoms with E-state index in [4.69, 9.17) is 9.05 Å². The second kappa shape index (κ2) is 65.8. The van der Waals surface area contributed by atoms with Crippen molar-refractivity contribution in [2.24, 2.45) is 0 Å². The molecule has 3 unspecified atom stereocenters. The first-order valence-electron chi connectivity index (χ1n) is 35.2. The molecular formula is C77H134N2O6P+. The van der Waals surface area contributed by atoms with Crippen LogP contribution in [0, 0.1) is 0 Å². The molecule has 0 spiro atoms. The summed E-state index contributed by atoms with van der Waals surface area (Å²) in [6.45, 7) is 4.70. The Morgan fingerprint density at radius 3 is 1.02 bits per heavy atom. The first kappa shape index (κ1) is 82.4. The fourth-order valence-corrected chi connectivity index (χ4v) is 10.4. The number of aliphatic hydroxyl groups is 1. The Hall–Kier alpha value is -3.62. The quantitative estimate of drug-likeness (QED) is 0.0243. The lowest BCUT2D eigenvalue weighted by Gasteiger charge is -2.25. The van der Waals surface area contributed by atoms with Crippen molar-refractivity contribution in [1.82, 2.24) is 5.32 Å². The van der Waals surface area contributed by atoms with Crippen molar-refractivity contribution in [3.05, 3.63) is 146 Å². The summed E-state index contributed by atoms with van der Waals surface area (Å²) in [7, 11) is 1.55. The highest BCUT2D eigenvalue weighted by atomic mass is 31.2. The molecule has 9 heteroatoms. The third-order valence-electron chi connectivity index (χ3n) is 15.1. The molecule has 492 valence electrons. The Morgan fingerprint density at radius 1 is 0.407 bits per heavy atom. The number of nitrogens with zero attached hydrogens (tertiary/aromatic N) is 1. The van der Waals surface area contributed by atoms with Crippen LogP contribution in [0.4, 0.5) is 0 Å². The number of carbonyl (C=O) groups excluding carboxylic acids is 1. The molecule has 0 aliphatic carbocycles. The number of nitrogens with one attached hydrogen (secondary N) is 1. The highest BCUT2D eigenvalue weighted by Gasteiger charge is 2.28. The SMILES string of the molecule is CC/C=C\C/C=C\C/C=C\C/C=C\C/C=C\C/C=C\C/C=C\C/C=C\C/C=C\C/C=C\C/C=C\CCCCCCCCCC(=O)NC(COP(=O)(O)OCC[N+](C)(C)C)C(O)/C=C/CCCCCCCCCCCCCCCCCCCCCCC. The summed E-state index contributed by atoms with van der Waals surface area (Å²) in [6, 6.07) is -0.864. The van der Waals surface area contributed by atoms with Crippen LogP contribution in [0.25, 0.3) is 0 Å². The van der Waals surface area contributed by atoms with Crippen molar-refractivity contribution in [2.45, 2.75) is 296 Å². The van der Waals surface area contributed by atoms with Crippen LogP contribution in [0.2, 0.25) is 0 Å². The van der Waals surface area contributed by atoms with Crippen molar-refractivity contribution >= 4 is 13.7 Å². The second-order valence-corrected chi connectivity index (χ2v) is 26.0. The number of hydrogen-bond donors (Lipinski definition) is 3. The van der Waals surface area contributed by atoms with Crippen LogP contribution in [-0.2, 0) is 18.4 Å². The first-order valence-corrected chi connectivity index (χ1v) is 36.7. The zero-order valence-electron chi connectivity index (χ0n) is 56.3. The molecule has 0 fully saturated rings. The number of rotatable bonds is 63. The van der Waals surface area contributed by atoms with Gasteiger partial charge in [0.1, 0.15) is 13.2 Å². The van der Waals surface area contributed by atoms with Crippen molar-refractivity contribution < 1.29 is 32.9 Å². The molecule has 86 heavy (non-hydrogen) atoms. The molecule has 0 heterocycles. The van der Waals surface area contributed by atoms with Gasteiger partial charge in [0.15, 0.2) is 0 Å². The van der Waals surface area contributed by atoms with E-state index >= 15 is 0 Å². The Bertz CT molecular complexity index is 1910.